The molecule has 0 saturated carbocycles. The molecule has 1 nitrogen and oxygen atoms in total. The Morgan fingerprint density at radius 3 is 2.77 bits per heavy atom. The molecule has 1 rings (SSSR count). The monoisotopic (exact) mass is 196 g/mol. The van der Waals surface area contributed by atoms with Crippen LogP contribution in [0.25, 0.3) is 0 Å². The molecule has 0 aliphatic rings. The number of phenolic OH excluding ortho intramolecular Hbond substituents is 1. The zero-order chi connectivity index (χ0) is 9.68. The van der Waals surface area contributed by atoms with E-state index in [4.69, 9.17) is 0 Å². The molecule has 0 bridgehead atoms. The van der Waals surface area contributed by atoms with Crippen molar-refractivity contribution in [3.8, 4) is 5.75 Å². The Kier molecular flexibility index (Phi) is 4.16. The highest BCUT2D eigenvalue weighted by Crippen LogP contribution is 2.25. The third-order valence-corrected chi connectivity index (χ3v) is 2.66. The van der Waals surface area contributed by atoms with Crippen LogP contribution >= 0.6 is 12.6 Å². The highest BCUT2D eigenvalue weighted by Gasteiger charge is 2.02. The lowest BCUT2D eigenvalue weighted by Gasteiger charge is -2.05. The van der Waals surface area contributed by atoms with Gasteiger partial charge < -0.3 is 5.11 Å². The number of hydrogen-bond donors (Lipinski definition) is 2. The molecule has 13 heavy (non-hydrogen) atoms. The summed E-state index contributed by atoms with van der Waals surface area (Å²) in [4.78, 5) is 0.735. The summed E-state index contributed by atoms with van der Waals surface area (Å²) in [5.74, 6) is 0.289. The second-order valence-corrected chi connectivity index (χ2v) is 3.69. The number of thiol groups is 1. The summed E-state index contributed by atoms with van der Waals surface area (Å²) >= 11 is 4.26. The zero-order valence-electron chi connectivity index (χ0n) is 7.95. The lowest BCUT2D eigenvalue weighted by atomic mass is 10.1. The number of aryl methyl sites for hydroxylation is 1. The SMILES string of the molecule is CCCCCc1cccc(O)c1S. The maximum absolute atomic E-state index is 9.38. The van der Waals surface area contributed by atoms with Crippen LogP contribution in [0.3, 0.4) is 0 Å². The van der Waals surface area contributed by atoms with Gasteiger partial charge in [0.25, 0.3) is 0 Å². The molecule has 0 amide bonds. The molecule has 0 unspecified atom stereocenters. The Labute approximate surface area is 85.2 Å². The van der Waals surface area contributed by atoms with Crippen LogP contribution in [0.2, 0.25) is 0 Å². The summed E-state index contributed by atoms with van der Waals surface area (Å²) in [7, 11) is 0. The third-order valence-electron chi connectivity index (χ3n) is 2.15. The maximum Gasteiger partial charge on any atom is 0.129 e. The molecule has 1 aromatic carbocycles. The predicted molar refractivity (Wildman–Crippen MR) is 58.6 cm³/mol. The van der Waals surface area contributed by atoms with Gasteiger partial charge in [-0.1, -0.05) is 31.9 Å². The van der Waals surface area contributed by atoms with Crippen LogP contribution in [0.4, 0.5) is 0 Å². The number of hydrogen-bond acceptors (Lipinski definition) is 2. The van der Waals surface area contributed by atoms with Crippen molar-refractivity contribution < 1.29 is 5.11 Å². The Bertz CT molecular complexity index is 271. The van der Waals surface area contributed by atoms with E-state index in [9.17, 15) is 5.11 Å². The van der Waals surface area contributed by atoms with Gasteiger partial charge >= 0.3 is 0 Å². The highest BCUT2D eigenvalue weighted by molar-refractivity contribution is 7.80. The standard InChI is InChI=1S/C11H16OS/c1-2-3-4-6-9-7-5-8-10(12)11(9)13/h5,7-8,12-13H,2-4,6H2,1H3. The molecule has 1 aromatic rings. The van der Waals surface area contributed by atoms with Crippen molar-refractivity contribution in [1.29, 1.82) is 0 Å². The van der Waals surface area contributed by atoms with Gasteiger partial charge in [0.05, 0.1) is 0 Å². The molecule has 72 valence electrons. The molecule has 0 aliphatic heterocycles. The minimum atomic E-state index is 0.289. The maximum atomic E-state index is 9.38. The average molecular weight is 196 g/mol. The smallest absolute Gasteiger partial charge is 0.129 e. The first-order valence-electron chi connectivity index (χ1n) is 4.75. The predicted octanol–water partition coefficient (Wildman–Crippen LogP) is 3.41. The van der Waals surface area contributed by atoms with Crippen LogP contribution in [-0.2, 0) is 6.42 Å². The Hall–Kier alpha value is -0.630. The molecule has 0 aromatic heterocycles. The van der Waals surface area contributed by atoms with E-state index in [1.165, 1.54) is 19.3 Å². The molecule has 1 N–H and O–H groups in total. The average Bonchev–Trinajstić information content (AvgIpc) is 2.13. The molecule has 0 aliphatic carbocycles. The van der Waals surface area contributed by atoms with Crippen LogP contribution in [-0.4, -0.2) is 5.11 Å². The van der Waals surface area contributed by atoms with Gasteiger partial charge in [0, 0.05) is 4.90 Å². The van der Waals surface area contributed by atoms with Crippen LogP contribution < -0.4 is 0 Å². The van der Waals surface area contributed by atoms with Crippen LogP contribution in [0.5, 0.6) is 5.75 Å². The fourth-order valence-electron chi connectivity index (χ4n) is 1.34. The van der Waals surface area contributed by atoms with Gasteiger partial charge in [-0.15, -0.1) is 12.6 Å². The van der Waals surface area contributed by atoms with Gasteiger partial charge in [0.15, 0.2) is 0 Å². The van der Waals surface area contributed by atoms with E-state index in [0.717, 1.165) is 16.9 Å². The number of phenols is 1. The molecule has 0 radical (unpaired) electrons. The van der Waals surface area contributed by atoms with E-state index in [0.29, 0.717) is 0 Å². The van der Waals surface area contributed by atoms with E-state index >= 15 is 0 Å². The van der Waals surface area contributed by atoms with Gasteiger partial charge in [-0.25, -0.2) is 0 Å². The van der Waals surface area contributed by atoms with E-state index in [-0.39, 0.29) is 5.75 Å². The number of rotatable bonds is 4. The summed E-state index contributed by atoms with van der Waals surface area (Å²) in [5.41, 5.74) is 1.15. The first-order valence-corrected chi connectivity index (χ1v) is 5.20. The number of benzene rings is 1. The zero-order valence-corrected chi connectivity index (χ0v) is 8.85. The van der Waals surface area contributed by atoms with E-state index in [1.807, 2.05) is 12.1 Å². The highest BCUT2D eigenvalue weighted by atomic mass is 32.1. The summed E-state index contributed by atoms with van der Waals surface area (Å²) in [6, 6.07) is 5.57. The second-order valence-electron chi connectivity index (χ2n) is 3.24. The summed E-state index contributed by atoms with van der Waals surface area (Å²) in [6.45, 7) is 2.18. The summed E-state index contributed by atoms with van der Waals surface area (Å²) in [5, 5.41) is 9.38. The van der Waals surface area contributed by atoms with Gasteiger partial charge in [-0.2, -0.15) is 0 Å². The third kappa shape index (κ3) is 2.96. The lowest BCUT2D eigenvalue weighted by Crippen LogP contribution is -1.87. The molecule has 0 spiro atoms. The topological polar surface area (TPSA) is 20.2 Å². The van der Waals surface area contributed by atoms with Crippen molar-refractivity contribution in [2.75, 3.05) is 0 Å². The first kappa shape index (κ1) is 10.5. The van der Waals surface area contributed by atoms with Gasteiger partial charge in [-0.05, 0) is 24.5 Å². The second kappa shape index (κ2) is 5.18. The van der Waals surface area contributed by atoms with Crippen LogP contribution in [0.15, 0.2) is 23.1 Å². The van der Waals surface area contributed by atoms with Crippen LogP contribution in [0, 0.1) is 0 Å². The quantitative estimate of drug-likeness (QED) is 0.558. The van der Waals surface area contributed by atoms with Crippen molar-refractivity contribution in [3.63, 3.8) is 0 Å². The number of aromatic hydroxyl groups is 1. The van der Waals surface area contributed by atoms with Crippen molar-refractivity contribution in [3.05, 3.63) is 23.8 Å². The fraction of sp³-hybridized carbons (Fsp3) is 0.455. The molecular formula is C11H16OS. The molecular weight excluding hydrogens is 180 g/mol. The van der Waals surface area contributed by atoms with Gasteiger partial charge in [-0.3, -0.25) is 0 Å². The molecule has 0 fully saturated rings. The van der Waals surface area contributed by atoms with Gasteiger partial charge in [0.2, 0.25) is 0 Å². The number of unbranched alkanes of at least 4 members (excludes halogenated alkanes) is 2. The Morgan fingerprint density at radius 1 is 1.31 bits per heavy atom. The minimum Gasteiger partial charge on any atom is -0.507 e. The van der Waals surface area contributed by atoms with E-state index < -0.39 is 0 Å². The summed E-state index contributed by atoms with van der Waals surface area (Å²) in [6.07, 6.45) is 4.65. The Balaban J connectivity index is 2.61. The van der Waals surface area contributed by atoms with Gasteiger partial charge in [0.1, 0.15) is 5.75 Å². The molecule has 0 heterocycles. The minimum absolute atomic E-state index is 0.289. The van der Waals surface area contributed by atoms with Crippen molar-refractivity contribution >= 4 is 12.6 Å². The molecule has 0 saturated heterocycles. The first-order chi connectivity index (χ1) is 6.25. The molecule has 0 atom stereocenters. The molecule has 2 heteroatoms. The normalized spacial score (nSPS) is 10.3. The van der Waals surface area contributed by atoms with E-state index in [2.05, 4.69) is 19.6 Å². The largest absolute Gasteiger partial charge is 0.507 e. The van der Waals surface area contributed by atoms with E-state index in [1.54, 1.807) is 6.07 Å². The fourth-order valence-corrected chi connectivity index (χ4v) is 1.61. The lowest BCUT2D eigenvalue weighted by molar-refractivity contribution is 0.460. The van der Waals surface area contributed by atoms with Crippen molar-refractivity contribution in [1.82, 2.24) is 0 Å². The summed E-state index contributed by atoms with van der Waals surface area (Å²) < 4.78 is 0. The Morgan fingerprint density at radius 2 is 2.08 bits per heavy atom. The van der Waals surface area contributed by atoms with Crippen molar-refractivity contribution in [2.45, 2.75) is 37.5 Å². The van der Waals surface area contributed by atoms with Crippen molar-refractivity contribution in [2.24, 2.45) is 0 Å². The van der Waals surface area contributed by atoms with Crippen LogP contribution in [0.1, 0.15) is 31.7 Å².